The van der Waals surface area contributed by atoms with Crippen LogP contribution in [0.4, 0.5) is 5.95 Å². The van der Waals surface area contributed by atoms with Gasteiger partial charge in [0.25, 0.3) is 0 Å². The minimum atomic E-state index is 0.165. The second-order valence-corrected chi connectivity index (χ2v) is 9.07. The van der Waals surface area contributed by atoms with Crippen molar-refractivity contribution in [2.45, 2.75) is 77.3 Å². The van der Waals surface area contributed by atoms with Crippen LogP contribution in [0.1, 0.15) is 70.8 Å². The maximum absolute atomic E-state index is 12.2. The van der Waals surface area contributed by atoms with E-state index in [0.717, 1.165) is 51.3 Å². The van der Waals surface area contributed by atoms with Crippen LogP contribution in [0.5, 0.6) is 0 Å². The van der Waals surface area contributed by atoms with Gasteiger partial charge in [0.1, 0.15) is 5.78 Å². The lowest BCUT2D eigenvalue weighted by atomic mass is 9.76. The Balaban J connectivity index is 1.38. The molecule has 0 spiro atoms. The van der Waals surface area contributed by atoms with Crippen LogP contribution in [0.2, 0.25) is 0 Å². The van der Waals surface area contributed by atoms with Crippen molar-refractivity contribution in [1.82, 2.24) is 14.9 Å². The first-order valence-electron chi connectivity index (χ1n) is 10.9. The molecule has 3 fully saturated rings. The van der Waals surface area contributed by atoms with Gasteiger partial charge in [-0.25, -0.2) is 9.97 Å². The van der Waals surface area contributed by atoms with E-state index in [2.05, 4.69) is 29.1 Å². The number of anilines is 1. The van der Waals surface area contributed by atoms with Gasteiger partial charge in [-0.1, -0.05) is 20.8 Å². The van der Waals surface area contributed by atoms with Gasteiger partial charge in [0.15, 0.2) is 0 Å². The smallest absolute Gasteiger partial charge is 0.225 e. The number of hydrogen-bond acceptors (Lipinski definition) is 5. The minimum Gasteiger partial charge on any atom is -0.332 e. The lowest BCUT2D eigenvalue weighted by molar-refractivity contribution is -0.126. The van der Waals surface area contributed by atoms with Crippen molar-refractivity contribution in [3.8, 4) is 0 Å². The first-order chi connectivity index (χ1) is 13.1. The molecular weight excluding hydrogens is 336 g/mol. The lowest BCUT2D eigenvalue weighted by Crippen LogP contribution is -2.54. The fraction of sp³-hybridized carbons (Fsp3) is 0.773. The van der Waals surface area contributed by atoms with Crippen molar-refractivity contribution >= 4 is 11.7 Å². The van der Waals surface area contributed by atoms with Crippen LogP contribution in [-0.2, 0) is 4.79 Å². The molecule has 3 aliphatic rings. The summed E-state index contributed by atoms with van der Waals surface area (Å²) >= 11 is 0. The number of carbonyl (C=O) groups excluding carboxylic acids is 1. The molecule has 2 saturated heterocycles. The van der Waals surface area contributed by atoms with Gasteiger partial charge in [-0.15, -0.1) is 0 Å². The fourth-order valence-electron chi connectivity index (χ4n) is 5.43. The Labute approximate surface area is 163 Å². The topological polar surface area (TPSA) is 49.3 Å². The molecule has 0 amide bonds. The summed E-state index contributed by atoms with van der Waals surface area (Å²) in [6.07, 6.45) is 10.9. The molecule has 1 aromatic heterocycles. The molecule has 5 nitrogen and oxygen atoms in total. The summed E-state index contributed by atoms with van der Waals surface area (Å²) in [4.78, 5) is 26.8. The third kappa shape index (κ3) is 3.75. The first kappa shape index (κ1) is 18.9. The predicted molar refractivity (Wildman–Crippen MR) is 108 cm³/mol. The quantitative estimate of drug-likeness (QED) is 0.792. The maximum Gasteiger partial charge on any atom is 0.225 e. The Bertz CT molecular complexity index is 637. The Morgan fingerprint density at radius 2 is 1.63 bits per heavy atom. The summed E-state index contributed by atoms with van der Waals surface area (Å²) < 4.78 is 0. The molecule has 2 aliphatic heterocycles. The highest BCUT2D eigenvalue weighted by Gasteiger charge is 2.40. The van der Waals surface area contributed by atoms with Crippen LogP contribution in [0.25, 0.3) is 0 Å². The number of piperazine rings is 1. The summed E-state index contributed by atoms with van der Waals surface area (Å²) in [6, 6.07) is 1.15. The van der Waals surface area contributed by atoms with Gasteiger partial charge in [-0.2, -0.15) is 0 Å². The van der Waals surface area contributed by atoms with Gasteiger partial charge in [-0.3, -0.25) is 9.69 Å². The third-order valence-electron chi connectivity index (χ3n) is 7.06. The molecule has 2 unspecified atom stereocenters. The zero-order valence-electron chi connectivity index (χ0n) is 17.1. The van der Waals surface area contributed by atoms with Gasteiger partial charge in [0.2, 0.25) is 5.95 Å². The molecule has 148 valence electrons. The number of nitrogens with zero attached hydrogens (tertiary/aromatic N) is 4. The van der Waals surface area contributed by atoms with E-state index in [1.54, 1.807) is 0 Å². The van der Waals surface area contributed by atoms with Gasteiger partial charge in [0.05, 0.1) is 0 Å². The van der Waals surface area contributed by atoms with E-state index in [9.17, 15) is 4.79 Å². The summed E-state index contributed by atoms with van der Waals surface area (Å²) in [5.41, 5.74) is 1.26. The van der Waals surface area contributed by atoms with E-state index >= 15 is 0 Å². The number of fused-ring (bicyclic) bond motifs is 2. The van der Waals surface area contributed by atoms with E-state index in [1.165, 1.54) is 18.4 Å². The highest BCUT2D eigenvalue weighted by Crippen LogP contribution is 2.37. The van der Waals surface area contributed by atoms with E-state index in [4.69, 9.17) is 9.97 Å². The second-order valence-electron chi connectivity index (χ2n) is 9.07. The summed E-state index contributed by atoms with van der Waals surface area (Å²) in [6.45, 7) is 9.73. The SMILES string of the molecule is CCN1CC2CCC(C1)N2c1ncc([C@H]2CC[C@@H](C(=O)C(C)C)CC2)cn1. The molecule has 0 aromatic carbocycles. The van der Waals surface area contributed by atoms with E-state index < -0.39 is 0 Å². The number of likely N-dealkylation sites (tertiary alicyclic amines) is 1. The Morgan fingerprint density at radius 1 is 1.04 bits per heavy atom. The Kier molecular flexibility index (Phi) is 5.49. The predicted octanol–water partition coefficient (Wildman–Crippen LogP) is 3.65. The van der Waals surface area contributed by atoms with Gasteiger partial charge in [0, 0.05) is 49.4 Å². The molecule has 3 heterocycles. The van der Waals surface area contributed by atoms with Crippen LogP contribution in [0, 0.1) is 11.8 Å². The molecule has 5 heteroatoms. The number of ketones is 1. The Morgan fingerprint density at radius 3 is 2.15 bits per heavy atom. The monoisotopic (exact) mass is 370 g/mol. The highest BCUT2D eigenvalue weighted by atomic mass is 16.1. The standard InChI is InChI=1S/C22H34N4O/c1-4-25-13-19-9-10-20(14-25)26(19)22-23-11-18(12-24-22)16-5-7-17(8-6-16)21(27)15(2)3/h11-12,15-17,19-20H,4-10,13-14H2,1-3H3/t16-,17+,19?,20?. The Hall–Kier alpha value is -1.49. The van der Waals surface area contributed by atoms with Crippen LogP contribution in [0.15, 0.2) is 12.4 Å². The average Bonchev–Trinajstić information content (AvgIpc) is 2.97. The van der Waals surface area contributed by atoms with Crippen molar-refractivity contribution < 1.29 is 4.79 Å². The summed E-state index contributed by atoms with van der Waals surface area (Å²) in [5, 5.41) is 0. The normalized spacial score (nSPS) is 31.5. The van der Waals surface area contributed by atoms with Crippen LogP contribution in [-0.4, -0.2) is 52.4 Å². The number of carbonyl (C=O) groups is 1. The summed E-state index contributed by atoms with van der Waals surface area (Å²) in [7, 11) is 0. The van der Waals surface area contributed by atoms with E-state index in [0.29, 0.717) is 23.8 Å². The molecule has 4 rings (SSSR count). The van der Waals surface area contributed by atoms with Gasteiger partial charge < -0.3 is 4.90 Å². The molecule has 2 bridgehead atoms. The molecular formula is C22H34N4O. The van der Waals surface area contributed by atoms with Gasteiger partial charge in [-0.05, 0) is 56.6 Å². The van der Waals surface area contributed by atoms with Crippen LogP contribution >= 0.6 is 0 Å². The average molecular weight is 371 g/mol. The lowest BCUT2D eigenvalue weighted by Gasteiger charge is -2.40. The van der Waals surface area contributed by atoms with Crippen LogP contribution in [0.3, 0.4) is 0 Å². The fourth-order valence-corrected chi connectivity index (χ4v) is 5.43. The molecule has 2 atom stereocenters. The minimum absolute atomic E-state index is 0.165. The van der Waals surface area contributed by atoms with Crippen molar-refractivity contribution in [1.29, 1.82) is 0 Å². The number of likely N-dealkylation sites (N-methyl/N-ethyl adjacent to an activating group) is 1. The number of hydrogen-bond donors (Lipinski definition) is 0. The highest BCUT2D eigenvalue weighted by molar-refractivity contribution is 5.82. The molecule has 0 radical (unpaired) electrons. The molecule has 0 N–H and O–H groups in total. The van der Waals surface area contributed by atoms with Gasteiger partial charge >= 0.3 is 0 Å². The third-order valence-corrected chi connectivity index (χ3v) is 7.06. The van der Waals surface area contributed by atoms with Crippen molar-refractivity contribution in [2.24, 2.45) is 11.8 Å². The number of rotatable bonds is 5. The first-order valence-corrected chi connectivity index (χ1v) is 10.9. The van der Waals surface area contributed by atoms with Crippen molar-refractivity contribution in [3.63, 3.8) is 0 Å². The van der Waals surface area contributed by atoms with Crippen molar-refractivity contribution in [2.75, 3.05) is 24.5 Å². The summed E-state index contributed by atoms with van der Waals surface area (Å²) in [5.74, 6) is 2.32. The molecule has 1 aliphatic carbocycles. The van der Waals surface area contributed by atoms with E-state index in [-0.39, 0.29) is 11.8 Å². The maximum atomic E-state index is 12.2. The molecule has 1 saturated carbocycles. The number of Topliss-reactive ketones (excluding diaryl/α,β-unsaturated/α-hetero) is 1. The molecule has 27 heavy (non-hydrogen) atoms. The molecule has 1 aromatic rings. The zero-order chi connectivity index (χ0) is 19.0. The van der Waals surface area contributed by atoms with Crippen molar-refractivity contribution in [3.05, 3.63) is 18.0 Å². The number of aromatic nitrogens is 2. The zero-order valence-corrected chi connectivity index (χ0v) is 17.1. The van der Waals surface area contributed by atoms with Crippen LogP contribution < -0.4 is 4.90 Å². The largest absolute Gasteiger partial charge is 0.332 e. The second kappa shape index (κ2) is 7.86. The van der Waals surface area contributed by atoms with E-state index in [1.807, 2.05) is 13.8 Å².